The lowest BCUT2D eigenvalue weighted by Gasteiger charge is -2.20. The summed E-state index contributed by atoms with van der Waals surface area (Å²) in [5.41, 5.74) is 5.27. The number of carbonyl (C=O) groups excluding carboxylic acids is 1. The number of aliphatic carboxylic acids is 1. The molecule has 0 aliphatic heterocycles. The molecular formula is C8H16N2O5. The minimum atomic E-state index is -1.43. The van der Waals surface area contributed by atoms with Gasteiger partial charge >= 0.3 is 5.97 Å². The highest BCUT2D eigenvalue weighted by Crippen LogP contribution is 1.96. The van der Waals surface area contributed by atoms with Gasteiger partial charge in [-0.3, -0.25) is 4.79 Å². The van der Waals surface area contributed by atoms with Crippen molar-refractivity contribution in [2.45, 2.75) is 38.1 Å². The second-order valence-electron chi connectivity index (χ2n) is 3.33. The molecule has 1 amide bonds. The van der Waals surface area contributed by atoms with Gasteiger partial charge in [-0.2, -0.15) is 0 Å². The van der Waals surface area contributed by atoms with Crippen molar-refractivity contribution in [1.82, 2.24) is 5.32 Å². The molecule has 0 rings (SSSR count). The Balaban J connectivity index is 4.43. The minimum absolute atomic E-state index is 0.821. The number of carboxylic acids is 1. The number of amides is 1. The van der Waals surface area contributed by atoms with E-state index >= 15 is 0 Å². The molecule has 0 heterocycles. The molecule has 7 heteroatoms. The van der Waals surface area contributed by atoms with E-state index in [0.717, 1.165) is 0 Å². The van der Waals surface area contributed by atoms with Crippen molar-refractivity contribution < 1.29 is 24.9 Å². The standard InChI is InChI=1S/C8H16N2O5/c1-3(11)5(9)7(13)10-6(4(2)12)8(14)15/h3-6,11-12H,9H2,1-2H3,(H,10,13)(H,14,15). The van der Waals surface area contributed by atoms with E-state index in [2.05, 4.69) is 0 Å². The van der Waals surface area contributed by atoms with Crippen LogP contribution >= 0.6 is 0 Å². The van der Waals surface area contributed by atoms with Crippen molar-refractivity contribution >= 4 is 11.9 Å². The van der Waals surface area contributed by atoms with Crippen LogP contribution in [0.3, 0.4) is 0 Å². The van der Waals surface area contributed by atoms with Gasteiger partial charge in [0.2, 0.25) is 5.91 Å². The summed E-state index contributed by atoms with van der Waals surface area (Å²) in [4.78, 5) is 21.8. The van der Waals surface area contributed by atoms with E-state index in [1.165, 1.54) is 13.8 Å². The zero-order chi connectivity index (χ0) is 12.2. The van der Waals surface area contributed by atoms with Crippen LogP contribution in [-0.4, -0.2) is 51.5 Å². The average molecular weight is 220 g/mol. The Bertz CT molecular complexity index is 241. The highest BCUT2D eigenvalue weighted by atomic mass is 16.4. The van der Waals surface area contributed by atoms with E-state index < -0.39 is 36.2 Å². The zero-order valence-electron chi connectivity index (χ0n) is 8.54. The second-order valence-corrected chi connectivity index (χ2v) is 3.33. The first-order chi connectivity index (χ1) is 6.77. The Morgan fingerprint density at radius 3 is 1.93 bits per heavy atom. The van der Waals surface area contributed by atoms with Gasteiger partial charge in [0.1, 0.15) is 6.04 Å². The maximum absolute atomic E-state index is 11.2. The number of nitrogens with one attached hydrogen (secondary N) is 1. The quantitative estimate of drug-likeness (QED) is 0.352. The van der Waals surface area contributed by atoms with E-state index in [1.807, 2.05) is 5.32 Å². The Morgan fingerprint density at radius 2 is 1.67 bits per heavy atom. The van der Waals surface area contributed by atoms with Gasteiger partial charge in [-0.05, 0) is 13.8 Å². The van der Waals surface area contributed by atoms with Crippen molar-refractivity contribution in [2.75, 3.05) is 0 Å². The molecule has 0 bridgehead atoms. The van der Waals surface area contributed by atoms with Gasteiger partial charge in [-0.25, -0.2) is 4.79 Å². The third-order valence-corrected chi connectivity index (χ3v) is 1.87. The predicted octanol–water partition coefficient (Wildman–Crippen LogP) is -2.36. The Hall–Kier alpha value is -1.18. The largest absolute Gasteiger partial charge is 0.480 e. The third kappa shape index (κ3) is 4.24. The van der Waals surface area contributed by atoms with Crippen LogP contribution in [-0.2, 0) is 9.59 Å². The fourth-order valence-electron chi connectivity index (χ4n) is 0.857. The summed E-state index contributed by atoms with van der Waals surface area (Å²) >= 11 is 0. The number of aliphatic hydroxyl groups is 2. The average Bonchev–Trinajstić information content (AvgIpc) is 2.11. The first kappa shape index (κ1) is 13.8. The number of aliphatic hydroxyl groups excluding tert-OH is 2. The molecule has 4 atom stereocenters. The van der Waals surface area contributed by atoms with Gasteiger partial charge in [0.05, 0.1) is 12.2 Å². The molecule has 0 aliphatic rings. The van der Waals surface area contributed by atoms with Crippen molar-refractivity contribution in [2.24, 2.45) is 5.73 Å². The normalized spacial score (nSPS) is 18.7. The Morgan fingerprint density at radius 1 is 1.20 bits per heavy atom. The van der Waals surface area contributed by atoms with Gasteiger partial charge < -0.3 is 26.4 Å². The maximum Gasteiger partial charge on any atom is 0.328 e. The summed E-state index contributed by atoms with van der Waals surface area (Å²) in [6, 6.07) is -2.65. The van der Waals surface area contributed by atoms with Crippen LogP contribution in [0.15, 0.2) is 0 Å². The van der Waals surface area contributed by atoms with Crippen molar-refractivity contribution in [1.29, 1.82) is 0 Å². The molecule has 15 heavy (non-hydrogen) atoms. The van der Waals surface area contributed by atoms with Gasteiger partial charge in [-0.15, -0.1) is 0 Å². The molecule has 0 radical (unpaired) electrons. The molecule has 0 aliphatic carbocycles. The lowest BCUT2D eigenvalue weighted by molar-refractivity contribution is -0.145. The van der Waals surface area contributed by atoms with Gasteiger partial charge in [0.15, 0.2) is 6.04 Å². The van der Waals surface area contributed by atoms with Crippen LogP contribution < -0.4 is 11.1 Å². The number of nitrogens with two attached hydrogens (primary N) is 1. The summed E-state index contributed by atoms with van der Waals surface area (Å²) in [6.45, 7) is 2.54. The van der Waals surface area contributed by atoms with Crippen molar-refractivity contribution in [3.63, 3.8) is 0 Å². The second kappa shape index (κ2) is 5.64. The van der Waals surface area contributed by atoms with E-state index in [9.17, 15) is 9.59 Å². The molecular weight excluding hydrogens is 204 g/mol. The Labute approximate surface area is 86.9 Å². The Kier molecular flexibility index (Phi) is 5.20. The van der Waals surface area contributed by atoms with Crippen LogP contribution in [0.4, 0.5) is 0 Å². The molecule has 0 aromatic carbocycles. The monoisotopic (exact) mass is 220 g/mol. The molecule has 0 aromatic heterocycles. The van der Waals surface area contributed by atoms with Gasteiger partial charge in [0.25, 0.3) is 0 Å². The molecule has 7 nitrogen and oxygen atoms in total. The fraction of sp³-hybridized carbons (Fsp3) is 0.750. The minimum Gasteiger partial charge on any atom is -0.480 e. The lowest BCUT2D eigenvalue weighted by atomic mass is 10.1. The van der Waals surface area contributed by atoms with Crippen molar-refractivity contribution in [3.05, 3.63) is 0 Å². The first-order valence-corrected chi connectivity index (χ1v) is 4.42. The molecule has 4 unspecified atom stereocenters. The highest BCUT2D eigenvalue weighted by Gasteiger charge is 2.28. The summed E-state index contributed by atoms with van der Waals surface area (Å²) in [7, 11) is 0. The van der Waals surface area contributed by atoms with Crippen LogP contribution in [0.1, 0.15) is 13.8 Å². The van der Waals surface area contributed by atoms with E-state index in [4.69, 9.17) is 21.1 Å². The number of hydrogen-bond acceptors (Lipinski definition) is 5. The summed E-state index contributed by atoms with van der Waals surface area (Å²) in [6.07, 6.45) is -2.33. The van der Waals surface area contributed by atoms with Gasteiger partial charge in [0, 0.05) is 0 Å². The summed E-state index contributed by atoms with van der Waals surface area (Å²) in [5.74, 6) is -2.19. The van der Waals surface area contributed by atoms with Crippen molar-refractivity contribution in [3.8, 4) is 0 Å². The number of hydrogen-bond donors (Lipinski definition) is 5. The fourth-order valence-corrected chi connectivity index (χ4v) is 0.857. The van der Waals surface area contributed by atoms with Crippen LogP contribution in [0.2, 0.25) is 0 Å². The summed E-state index contributed by atoms with van der Waals surface area (Å²) in [5, 5.41) is 28.7. The van der Waals surface area contributed by atoms with Gasteiger partial charge in [-0.1, -0.05) is 0 Å². The topological polar surface area (TPSA) is 133 Å². The SMILES string of the molecule is CC(O)C(N)C(=O)NC(C(=O)O)C(C)O. The molecule has 0 saturated carbocycles. The molecule has 88 valence electrons. The van der Waals surface area contributed by atoms with E-state index in [-0.39, 0.29) is 0 Å². The van der Waals surface area contributed by atoms with E-state index in [1.54, 1.807) is 0 Å². The van der Waals surface area contributed by atoms with Crippen LogP contribution in [0, 0.1) is 0 Å². The number of carboxylic acid groups (broad SMARTS) is 1. The zero-order valence-corrected chi connectivity index (χ0v) is 8.54. The van der Waals surface area contributed by atoms with Crippen LogP contribution in [0.25, 0.3) is 0 Å². The summed E-state index contributed by atoms with van der Waals surface area (Å²) < 4.78 is 0. The number of rotatable bonds is 5. The lowest BCUT2D eigenvalue weighted by Crippen LogP contribution is -2.55. The van der Waals surface area contributed by atoms with E-state index in [0.29, 0.717) is 0 Å². The molecule has 0 saturated heterocycles. The predicted molar refractivity (Wildman–Crippen MR) is 50.9 cm³/mol. The highest BCUT2D eigenvalue weighted by molar-refractivity contribution is 5.87. The molecule has 0 fully saturated rings. The maximum atomic E-state index is 11.2. The third-order valence-electron chi connectivity index (χ3n) is 1.87. The smallest absolute Gasteiger partial charge is 0.328 e. The molecule has 0 aromatic rings. The number of carbonyl (C=O) groups is 2. The molecule has 6 N–H and O–H groups in total. The molecule has 0 spiro atoms. The van der Waals surface area contributed by atoms with Crippen LogP contribution in [0.5, 0.6) is 0 Å². The first-order valence-electron chi connectivity index (χ1n) is 4.42.